The first-order chi connectivity index (χ1) is 7.33. The largest absolute Gasteiger partial charge is 0.368 e. The zero-order valence-electron chi connectivity index (χ0n) is 10.9. The van der Waals surface area contributed by atoms with Gasteiger partial charge in [0, 0.05) is 18.1 Å². The Bertz CT molecular complexity index is 251. The molecule has 0 aromatic heterocycles. The predicted octanol–water partition coefficient (Wildman–Crippen LogP) is 0.713. The molecule has 0 aromatic carbocycles. The number of nitrogens with two attached hydrogens (primary N) is 1. The number of hydrogen-bond acceptors (Lipinski definition) is 3. The molecule has 0 saturated carbocycles. The van der Waals surface area contributed by atoms with Crippen molar-refractivity contribution in [1.82, 2.24) is 10.2 Å². The summed E-state index contributed by atoms with van der Waals surface area (Å²) in [5.74, 6) is -0.253. The number of carbonyl (C=O) groups is 1. The molecule has 1 aliphatic heterocycles. The maximum Gasteiger partial charge on any atom is 0.235 e. The van der Waals surface area contributed by atoms with Gasteiger partial charge in [-0.2, -0.15) is 0 Å². The number of primary amides is 1. The van der Waals surface area contributed by atoms with Crippen LogP contribution in [0.2, 0.25) is 0 Å². The zero-order valence-corrected chi connectivity index (χ0v) is 10.9. The molecular weight excluding hydrogens is 202 g/mol. The van der Waals surface area contributed by atoms with E-state index < -0.39 is 0 Å². The van der Waals surface area contributed by atoms with E-state index in [2.05, 4.69) is 24.1 Å². The van der Waals surface area contributed by atoms with Gasteiger partial charge in [0.25, 0.3) is 0 Å². The number of rotatable bonds is 5. The number of nitrogens with zero attached hydrogens (tertiary/aromatic N) is 1. The second-order valence-corrected chi connectivity index (χ2v) is 5.64. The van der Waals surface area contributed by atoms with Crippen molar-refractivity contribution in [3.63, 3.8) is 0 Å². The summed E-state index contributed by atoms with van der Waals surface area (Å²) in [5, 5.41) is 3.23. The highest BCUT2D eigenvalue weighted by Gasteiger charge is 2.34. The van der Waals surface area contributed by atoms with Crippen LogP contribution < -0.4 is 11.1 Å². The summed E-state index contributed by atoms with van der Waals surface area (Å²) in [4.78, 5) is 13.7. The lowest BCUT2D eigenvalue weighted by atomic mass is 10.0. The van der Waals surface area contributed by atoms with Gasteiger partial charge < -0.3 is 11.1 Å². The lowest BCUT2D eigenvalue weighted by molar-refractivity contribution is -0.120. The minimum atomic E-state index is -0.253. The van der Waals surface area contributed by atoms with Gasteiger partial charge in [0.1, 0.15) is 0 Å². The Kier molecular flexibility index (Phi) is 4.33. The maximum absolute atomic E-state index is 11.4. The summed E-state index contributed by atoms with van der Waals surface area (Å²) < 4.78 is 0. The van der Waals surface area contributed by atoms with E-state index in [9.17, 15) is 4.79 Å². The predicted molar refractivity (Wildman–Crippen MR) is 66.1 cm³/mol. The number of likely N-dealkylation sites (tertiary alicyclic amines) is 1. The van der Waals surface area contributed by atoms with Crippen molar-refractivity contribution >= 4 is 5.91 Å². The number of nitrogens with one attached hydrogen (secondary N) is 1. The van der Waals surface area contributed by atoms with Crippen LogP contribution in [0.5, 0.6) is 0 Å². The molecule has 1 atom stereocenters. The van der Waals surface area contributed by atoms with Crippen LogP contribution in [0.1, 0.15) is 40.5 Å². The summed E-state index contributed by atoms with van der Waals surface area (Å²) in [6.45, 7) is 10.3. The summed E-state index contributed by atoms with van der Waals surface area (Å²) in [7, 11) is 0. The highest BCUT2D eigenvalue weighted by Crippen LogP contribution is 2.27. The Labute approximate surface area is 98.6 Å². The fourth-order valence-corrected chi connectivity index (χ4v) is 2.35. The van der Waals surface area contributed by atoms with Crippen LogP contribution in [-0.4, -0.2) is 41.5 Å². The molecule has 1 fully saturated rings. The van der Waals surface area contributed by atoms with Crippen LogP contribution in [0.3, 0.4) is 0 Å². The summed E-state index contributed by atoms with van der Waals surface area (Å²) >= 11 is 0. The molecule has 1 rings (SSSR count). The first kappa shape index (κ1) is 13.5. The van der Waals surface area contributed by atoms with E-state index in [0.29, 0.717) is 0 Å². The highest BCUT2D eigenvalue weighted by atomic mass is 16.1. The summed E-state index contributed by atoms with van der Waals surface area (Å²) in [6, 6.07) is 0.0422. The van der Waals surface area contributed by atoms with Gasteiger partial charge in [0.2, 0.25) is 5.91 Å². The van der Waals surface area contributed by atoms with Crippen LogP contribution >= 0.6 is 0 Å². The van der Waals surface area contributed by atoms with E-state index in [-0.39, 0.29) is 23.5 Å². The Hall–Kier alpha value is -0.610. The topological polar surface area (TPSA) is 58.4 Å². The average molecular weight is 227 g/mol. The molecule has 0 radical (unpaired) electrons. The Balaban J connectivity index is 2.58. The average Bonchev–Trinajstić information content (AvgIpc) is 2.43. The second kappa shape index (κ2) is 5.15. The Morgan fingerprint density at radius 3 is 2.50 bits per heavy atom. The molecule has 1 aliphatic rings. The van der Waals surface area contributed by atoms with Crippen LogP contribution in [0.25, 0.3) is 0 Å². The third-order valence-electron chi connectivity index (χ3n) is 3.35. The molecule has 4 nitrogen and oxygen atoms in total. The van der Waals surface area contributed by atoms with Crippen molar-refractivity contribution in [2.45, 2.75) is 58.2 Å². The molecule has 1 amide bonds. The van der Waals surface area contributed by atoms with E-state index in [1.807, 2.05) is 13.8 Å². The number of hydrogen-bond donors (Lipinski definition) is 2. The molecule has 0 spiro atoms. The molecule has 94 valence electrons. The van der Waals surface area contributed by atoms with Gasteiger partial charge in [-0.05, 0) is 33.2 Å². The quantitative estimate of drug-likeness (QED) is 0.727. The molecule has 1 saturated heterocycles. The van der Waals surface area contributed by atoms with Crippen LogP contribution in [0.4, 0.5) is 0 Å². The van der Waals surface area contributed by atoms with Crippen molar-refractivity contribution in [2.75, 3.05) is 13.1 Å². The van der Waals surface area contributed by atoms with Gasteiger partial charge in [0.15, 0.2) is 0 Å². The molecular formula is C12H25N3O. The van der Waals surface area contributed by atoms with E-state index >= 15 is 0 Å². The smallest absolute Gasteiger partial charge is 0.235 e. The standard InChI is InChI=1S/C12H25N3O/c1-9(2)14-10(11(13)16)8-15-7-5-6-12(15,3)4/h9-10,14H,5-8H2,1-4H3,(H2,13,16). The van der Waals surface area contributed by atoms with Gasteiger partial charge in [-0.1, -0.05) is 13.8 Å². The summed E-state index contributed by atoms with van der Waals surface area (Å²) in [6.07, 6.45) is 2.40. The zero-order chi connectivity index (χ0) is 12.3. The maximum atomic E-state index is 11.4. The first-order valence-corrected chi connectivity index (χ1v) is 6.13. The van der Waals surface area contributed by atoms with Crippen molar-refractivity contribution in [1.29, 1.82) is 0 Å². The number of carbonyl (C=O) groups excluding carboxylic acids is 1. The van der Waals surface area contributed by atoms with Gasteiger partial charge >= 0.3 is 0 Å². The Morgan fingerprint density at radius 2 is 2.12 bits per heavy atom. The SMILES string of the molecule is CC(C)NC(CN1CCCC1(C)C)C(N)=O. The monoisotopic (exact) mass is 227 g/mol. The second-order valence-electron chi connectivity index (χ2n) is 5.64. The van der Waals surface area contributed by atoms with Gasteiger partial charge in [0.05, 0.1) is 6.04 Å². The molecule has 4 heteroatoms. The molecule has 16 heavy (non-hydrogen) atoms. The number of amides is 1. The van der Waals surface area contributed by atoms with Crippen molar-refractivity contribution < 1.29 is 4.79 Å². The van der Waals surface area contributed by atoms with Gasteiger partial charge in [-0.3, -0.25) is 9.69 Å². The summed E-state index contributed by atoms with van der Waals surface area (Å²) in [5.41, 5.74) is 5.62. The third-order valence-corrected chi connectivity index (χ3v) is 3.35. The van der Waals surface area contributed by atoms with E-state index in [1.54, 1.807) is 0 Å². The van der Waals surface area contributed by atoms with Crippen LogP contribution in [0.15, 0.2) is 0 Å². The lowest BCUT2D eigenvalue weighted by Gasteiger charge is -2.34. The van der Waals surface area contributed by atoms with Crippen molar-refractivity contribution in [3.05, 3.63) is 0 Å². The molecule has 0 aromatic rings. The normalized spacial score (nSPS) is 22.6. The lowest BCUT2D eigenvalue weighted by Crippen LogP contribution is -2.54. The van der Waals surface area contributed by atoms with E-state index in [4.69, 9.17) is 5.73 Å². The molecule has 0 aliphatic carbocycles. The minimum absolute atomic E-state index is 0.201. The minimum Gasteiger partial charge on any atom is -0.368 e. The van der Waals surface area contributed by atoms with E-state index in [1.165, 1.54) is 12.8 Å². The Morgan fingerprint density at radius 1 is 1.50 bits per heavy atom. The van der Waals surface area contributed by atoms with Crippen LogP contribution in [-0.2, 0) is 4.79 Å². The molecule has 3 N–H and O–H groups in total. The fourth-order valence-electron chi connectivity index (χ4n) is 2.35. The first-order valence-electron chi connectivity index (χ1n) is 6.13. The van der Waals surface area contributed by atoms with Crippen molar-refractivity contribution in [3.8, 4) is 0 Å². The molecule has 1 heterocycles. The molecule has 0 bridgehead atoms. The van der Waals surface area contributed by atoms with E-state index in [0.717, 1.165) is 13.1 Å². The fraction of sp³-hybridized carbons (Fsp3) is 0.917. The highest BCUT2D eigenvalue weighted by molar-refractivity contribution is 5.80. The van der Waals surface area contributed by atoms with Crippen molar-refractivity contribution in [2.24, 2.45) is 5.73 Å². The third kappa shape index (κ3) is 3.46. The van der Waals surface area contributed by atoms with Gasteiger partial charge in [-0.15, -0.1) is 0 Å². The molecule has 1 unspecified atom stereocenters. The van der Waals surface area contributed by atoms with Gasteiger partial charge in [-0.25, -0.2) is 0 Å². The van der Waals surface area contributed by atoms with Crippen LogP contribution in [0, 0.1) is 0 Å².